The van der Waals surface area contributed by atoms with Crippen LogP contribution in [0, 0.1) is 0 Å². The molecule has 0 saturated carbocycles. The molecule has 2 heterocycles. The van der Waals surface area contributed by atoms with Crippen LogP contribution in [0.2, 0.25) is 0 Å². The van der Waals surface area contributed by atoms with Gasteiger partial charge in [0, 0.05) is 22.7 Å². The Kier molecular flexibility index (Phi) is 4.33. The smallest absolute Gasteiger partial charge is 0.249 e. The minimum atomic E-state index is -0.186. The number of nitrogens with zero attached hydrogens (tertiary/aromatic N) is 1. The number of thiophene rings is 1. The van der Waals surface area contributed by atoms with Gasteiger partial charge in [0.25, 0.3) is 0 Å². The Morgan fingerprint density at radius 1 is 1.61 bits per heavy atom. The third kappa shape index (κ3) is 3.54. The highest BCUT2D eigenvalue weighted by Crippen LogP contribution is 2.22. The summed E-state index contributed by atoms with van der Waals surface area (Å²) in [4.78, 5) is 12.7. The number of anilines is 1. The van der Waals surface area contributed by atoms with E-state index in [9.17, 15) is 4.79 Å². The van der Waals surface area contributed by atoms with Gasteiger partial charge in [-0.25, -0.2) is 0 Å². The van der Waals surface area contributed by atoms with Gasteiger partial charge in [-0.15, -0.1) is 11.3 Å². The lowest BCUT2D eigenvalue weighted by atomic mass is 10.3. The predicted molar refractivity (Wildman–Crippen MR) is 77.6 cm³/mol. The lowest BCUT2D eigenvalue weighted by Crippen LogP contribution is -2.07. The van der Waals surface area contributed by atoms with E-state index < -0.39 is 0 Å². The van der Waals surface area contributed by atoms with Crippen LogP contribution >= 0.6 is 27.3 Å². The van der Waals surface area contributed by atoms with Crippen molar-refractivity contribution >= 4 is 45.1 Å². The van der Waals surface area contributed by atoms with Gasteiger partial charge < -0.3 is 5.32 Å². The Labute approximate surface area is 117 Å². The fourth-order valence-electron chi connectivity index (χ4n) is 1.35. The Hall–Kier alpha value is -1.40. The van der Waals surface area contributed by atoms with Crippen LogP contribution in [0.4, 0.5) is 5.82 Å². The maximum absolute atomic E-state index is 11.6. The van der Waals surface area contributed by atoms with E-state index in [-0.39, 0.29) is 5.91 Å². The van der Waals surface area contributed by atoms with Crippen molar-refractivity contribution in [1.29, 1.82) is 0 Å². The monoisotopic (exact) mass is 325 g/mol. The highest BCUT2D eigenvalue weighted by Gasteiger charge is 2.02. The number of aromatic nitrogens is 2. The molecule has 0 aromatic carbocycles. The molecule has 2 aromatic rings. The summed E-state index contributed by atoms with van der Waals surface area (Å²) in [5.74, 6) is 0.363. The summed E-state index contributed by atoms with van der Waals surface area (Å²) in [5.41, 5.74) is 0.997. The molecule has 94 valence electrons. The second kappa shape index (κ2) is 5.97. The summed E-state index contributed by atoms with van der Waals surface area (Å²) in [7, 11) is 0. The molecule has 6 heteroatoms. The zero-order valence-electron chi connectivity index (χ0n) is 9.74. The second-order valence-electron chi connectivity index (χ2n) is 3.60. The molecule has 2 rings (SSSR count). The van der Waals surface area contributed by atoms with Gasteiger partial charge in [0.1, 0.15) is 0 Å². The zero-order valence-corrected chi connectivity index (χ0v) is 12.1. The van der Waals surface area contributed by atoms with Gasteiger partial charge in [-0.3, -0.25) is 9.89 Å². The van der Waals surface area contributed by atoms with Gasteiger partial charge in [0.2, 0.25) is 5.91 Å². The number of nitrogens with one attached hydrogen (secondary N) is 2. The second-order valence-corrected chi connectivity index (χ2v) is 6.09. The lowest BCUT2D eigenvalue weighted by molar-refractivity contribution is -0.111. The van der Waals surface area contributed by atoms with Crippen molar-refractivity contribution in [2.75, 3.05) is 5.32 Å². The normalized spacial score (nSPS) is 11.0. The first-order chi connectivity index (χ1) is 8.67. The third-order valence-corrected chi connectivity index (χ3v) is 3.84. The lowest BCUT2D eigenvalue weighted by Gasteiger charge is -1.94. The predicted octanol–water partition coefficient (Wildman–Crippen LogP) is 3.45. The maximum atomic E-state index is 11.6. The van der Waals surface area contributed by atoms with E-state index in [1.54, 1.807) is 17.4 Å². The summed E-state index contributed by atoms with van der Waals surface area (Å²) >= 11 is 4.95. The summed E-state index contributed by atoms with van der Waals surface area (Å²) < 4.78 is 1.04. The third-order valence-electron chi connectivity index (χ3n) is 2.26. The van der Waals surface area contributed by atoms with Crippen molar-refractivity contribution in [2.24, 2.45) is 0 Å². The molecule has 2 aromatic heterocycles. The molecule has 0 saturated heterocycles. The van der Waals surface area contributed by atoms with E-state index in [0.29, 0.717) is 5.82 Å². The molecular formula is C12H12BrN3OS. The Morgan fingerprint density at radius 2 is 2.44 bits per heavy atom. The number of rotatable bonds is 4. The highest BCUT2D eigenvalue weighted by atomic mass is 79.9. The maximum Gasteiger partial charge on any atom is 0.249 e. The van der Waals surface area contributed by atoms with Gasteiger partial charge in [0.15, 0.2) is 5.82 Å². The van der Waals surface area contributed by atoms with Crippen LogP contribution in [-0.2, 0) is 11.2 Å². The van der Waals surface area contributed by atoms with E-state index in [4.69, 9.17) is 0 Å². The van der Waals surface area contributed by atoms with Crippen molar-refractivity contribution in [1.82, 2.24) is 10.2 Å². The van der Waals surface area contributed by atoms with Crippen LogP contribution in [0.15, 0.2) is 28.1 Å². The van der Waals surface area contributed by atoms with Gasteiger partial charge in [0.05, 0.1) is 3.79 Å². The van der Waals surface area contributed by atoms with E-state index in [1.807, 2.05) is 25.1 Å². The molecule has 0 bridgehead atoms. The van der Waals surface area contributed by atoms with Crippen molar-refractivity contribution in [3.8, 4) is 0 Å². The minimum Gasteiger partial charge on any atom is -0.306 e. The van der Waals surface area contributed by atoms with Gasteiger partial charge in [-0.05, 0) is 40.6 Å². The van der Waals surface area contributed by atoms with Crippen molar-refractivity contribution in [3.63, 3.8) is 0 Å². The van der Waals surface area contributed by atoms with Gasteiger partial charge in [-0.2, -0.15) is 5.10 Å². The number of halogens is 1. The summed E-state index contributed by atoms with van der Waals surface area (Å²) in [5, 5.41) is 9.53. The molecule has 0 fully saturated rings. The molecule has 0 spiro atoms. The quantitative estimate of drug-likeness (QED) is 0.846. The molecule has 2 N–H and O–H groups in total. The molecule has 0 aliphatic carbocycles. The molecule has 18 heavy (non-hydrogen) atoms. The largest absolute Gasteiger partial charge is 0.306 e. The van der Waals surface area contributed by atoms with Crippen LogP contribution in [0.25, 0.3) is 6.08 Å². The molecule has 1 amide bonds. The first-order valence-electron chi connectivity index (χ1n) is 5.46. The Bertz CT molecular complexity index is 573. The number of aryl methyl sites for hydroxylation is 1. The van der Waals surface area contributed by atoms with Crippen LogP contribution in [0.3, 0.4) is 0 Å². The molecule has 0 aliphatic rings. The van der Waals surface area contributed by atoms with Crippen molar-refractivity contribution < 1.29 is 4.79 Å². The average molecular weight is 326 g/mol. The molecule has 0 unspecified atom stereocenters. The first-order valence-corrected chi connectivity index (χ1v) is 7.07. The standard InChI is InChI=1S/C12H12BrN3OS/c1-2-8-7-11(16-15-8)14-12(17)6-4-9-3-5-10(13)18-9/h3-7H,2H2,1H3,(H2,14,15,16,17)/b6-4+. The topological polar surface area (TPSA) is 57.8 Å². The number of H-pyrrole nitrogens is 1. The Morgan fingerprint density at radius 3 is 3.06 bits per heavy atom. The van der Waals surface area contributed by atoms with Crippen molar-refractivity contribution in [3.05, 3.63) is 38.6 Å². The summed E-state index contributed by atoms with van der Waals surface area (Å²) in [6.07, 6.45) is 4.14. The first kappa shape index (κ1) is 13.0. The van der Waals surface area contributed by atoms with Crippen LogP contribution in [0.1, 0.15) is 17.5 Å². The molecular weight excluding hydrogens is 314 g/mol. The highest BCUT2D eigenvalue weighted by molar-refractivity contribution is 9.11. The fourth-order valence-corrected chi connectivity index (χ4v) is 2.68. The Balaban J connectivity index is 1.94. The van der Waals surface area contributed by atoms with E-state index in [2.05, 4.69) is 31.4 Å². The van der Waals surface area contributed by atoms with Crippen LogP contribution in [0.5, 0.6) is 0 Å². The van der Waals surface area contributed by atoms with E-state index in [0.717, 1.165) is 20.8 Å². The number of aromatic amines is 1. The number of carbonyl (C=O) groups is 1. The summed E-state index contributed by atoms with van der Waals surface area (Å²) in [6.45, 7) is 2.02. The summed E-state index contributed by atoms with van der Waals surface area (Å²) in [6, 6.07) is 5.72. The molecule has 4 nitrogen and oxygen atoms in total. The van der Waals surface area contributed by atoms with E-state index in [1.165, 1.54) is 6.08 Å². The van der Waals surface area contributed by atoms with Crippen LogP contribution < -0.4 is 5.32 Å². The molecule has 0 radical (unpaired) electrons. The number of hydrogen-bond donors (Lipinski definition) is 2. The number of amides is 1. The average Bonchev–Trinajstić information content (AvgIpc) is 2.95. The minimum absolute atomic E-state index is 0.186. The van der Waals surface area contributed by atoms with Crippen LogP contribution in [-0.4, -0.2) is 16.1 Å². The van der Waals surface area contributed by atoms with Crippen molar-refractivity contribution in [2.45, 2.75) is 13.3 Å². The fraction of sp³-hybridized carbons (Fsp3) is 0.167. The number of hydrogen-bond acceptors (Lipinski definition) is 3. The SMILES string of the molecule is CCc1cc(NC(=O)/C=C/c2ccc(Br)s2)n[nH]1. The van der Waals surface area contributed by atoms with Gasteiger partial charge >= 0.3 is 0 Å². The molecule has 0 atom stereocenters. The van der Waals surface area contributed by atoms with Gasteiger partial charge in [-0.1, -0.05) is 6.92 Å². The molecule has 0 aliphatic heterocycles. The zero-order chi connectivity index (χ0) is 13.0. The number of carbonyl (C=O) groups excluding carboxylic acids is 1. The van der Waals surface area contributed by atoms with E-state index >= 15 is 0 Å².